The van der Waals surface area contributed by atoms with E-state index < -0.39 is 0 Å². The molecular formula is C10H25N. The Hall–Kier alpha value is -0.0400. The molecule has 1 heteroatoms. The first-order chi connectivity index (χ1) is 5.39. The van der Waals surface area contributed by atoms with Gasteiger partial charge in [0.05, 0.1) is 0 Å². The molecule has 0 saturated heterocycles. The molecule has 1 saturated carbocycles. The number of hydrogen-bond acceptors (Lipinski definition) is 1. The van der Waals surface area contributed by atoms with Crippen LogP contribution in [0, 0.1) is 0 Å². The van der Waals surface area contributed by atoms with Gasteiger partial charge in [0.2, 0.25) is 0 Å². The molecule has 0 heterocycles. The van der Waals surface area contributed by atoms with Crippen molar-refractivity contribution >= 4 is 0 Å². The summed E-state index contributed by atoms with van der Waals surface area (Å²) < 4.78 is 0. The van der Waals surface area contributed by atoms with E-state index >= 15 is 0 Å². The predicted molar refractivity (Wildman–Crippen MR) is 53.8 cm³/mol. The highest BCUT2D eigenvalue weighted by atomic mass is 14.6. The third kappa shape index (κ3) is 9.96. The Bertz CT molecular complexity index is 46.8. The maximum Gasteiger partial charge on any atom is 0.00388 e. The van der Waals surface area contributed by atoms with Gasteiger partial charge in [0, 0.05) is 6.04 Å². The Morgan fingerprint density at radius 1 is 0.818 bits per heavy atom. The lowest BCUT2D eigenvalue weighted by Crippen LogP contribution is -2.22. The van der Waals surface area contributed by atoms with Crippen LogP contribution in [0.4, 0.5) is 0 Å². The molecule has 2 N–H and O–H groups in total. The van der Waals surface area contributed by atoms with Crippen LogP contribution >= 0.6 is 0 Å². The van der Waals surface area contributed by atoms with Crippen LogP contribution in [0.3, 0.4) is 0 Å². The van der Waals surface area contributed by atoms with E-state index in [1.807, 2.05) is 27.7 Å². The minimum Gasteiger partial charge on any atom is -0.328 e. The van der Waals surface area contributed by atoms with Crippen molar-refractivity contribution in [2.75, 3.05) is 0 Å². The summed E-state index contributed by atoms with van der Waals surface area (Å²) in [6, 6.07) is 0.536. The van der Waals surface area contributed by atoms with Crippen LogP contribution in [0.2, 0.25) is 0 Å². The van der Waals surface area contributed by atoms with Crippen LogP contribution in [0.25, 0.3) is 0 Å². The van der Waals surface area contributed by atoms with Gasteiger partial charge in [0.25, 0.3) is 0 Å². The minimum atomic E-state index is 0.536. The zero-order valence-electron chi connectivity index (χ0n) is 8.69. The van der Waals surface area contributed by atoms with Crippen LogP contribution in [-0.4, -0.2) is 6.04 Å². The smallest absolute Gasteiger partial charge is 0.00388 e. The van der Waals surface area contributed by atoms with Crippen LogP contribution in [0.15, 0.2) is 0 Å². The maximum atomic E-state index is 5.63. The Morgan fingerprint density at radius 2 is 1.18 bits per heavy atom. The lowest BCUT2D eigenvalue weighted by Gasteiger charge is -2.15. The summed E-state index contributed by atoms with van der Waals surface area (Å²) in [4.78, 5) is 0. The van der Waals surface area contributed by atoms with Gasteiger partial charge in [-0.15, -0.1) is 0 Å². The van der Waals surface area contributed by atoms with Crippen molar-refractivity contribution in [1.82, 2.24) is 0 Å². The van der Waals surface area contributed by atoms with E-state index in [0.29, 0.717) is 6.04 Å². The molecule has 1 rings (SSSR count). The zero-order chi connectivity index (χ0) is 9.11. The fourth-order valence-electron chi connectivity index (χ4n) is 1.13. The Kier molecular flexibility index (Phi) is 15.5. The number of nitrogens with two attached hydrogens (primary N) is 1. The van der Waals surface area contributed by atoms with Gasteiger partial charge in [-0.3, -0.25) is 0 Å². The van der Waals surface area contributed by atoms with Crippen molar-refractivity contribution in [3.05, 3.63) is 0 Å². The van der Waals surface area contributed by atoms with Crippen molar-refractivity contribution in [3.8, 4) is 0 Å². The van der Waals surface area contributed by atoms with Crippen LogP contribution in [-0.2, 0) is 0 Å². The summed E-state index contributed by atoms with van der Waals surface area (Å²) in [7, 11) is 0. The fraction of sp³-hybridized carbons (Fsp3) is 1.00. The van der Waals surface area contributed by atoms with Gasteiger partial charge in [-0.05, 0) is 12.8 Å². The topological polar surface area (TPSA) is 26.0 Å². The molecule has 0 aliphatic heterocycles. The molecule has 1 aliphatic carbocycles. The van der Waals surface area contributed by atoms with Crippen LogP contribution < -0.4 is 5.73 Å². The monoisotopic (exact) mass is 159 g/mol. The highest BCUT2D eigenvalue weighted by Gasteiger charge is 2.06. The molecule has 0 radical (unpaired) electrons. The van der Waals surface area contributed by atoms with Crippen molar-refractivity contribution in [2.24, 2.45) is 5.73 Å². The quantitative estimate of drug-likeness (QED) is 0.576. The molecule has 0 aromatic rings. The molecule has 0 aromatic heterocycles. The van der Waals surface area contributed by atoms with E-state index in [1.165, 1.54) is 32.1 Å². The van der Waals surface area contributed by atoms with Gasteiger partial charge < -0.3 is 5.73 Å². The van der Waals surface area contributed by atoms with E-state index in [1.54, 1.807) is 0 Å². The fourth-order valence-corrected chi connectivity index (χ4v) is 1.13. The third-order valence-corrected chi connectivity index (χ3v) is 1.65. The van der Waals surface area contributed by atoms with Gasteiger partial charge >= 0.3 is 0 Å². The normalized spacial score (nSPS) is 17.2. The Morgan fingerprint density at radius 3 is 1.36 bits per heavy atom. The molecule has 1 fully saturated rings. The van der Waals surface area contributed by atoms with E-state index in [2.05, 4.69) is 0 Å². The lowest BCUT2D eigenvalue weighted by atomic mass is 9.97. The average Bonchev–Trinajstić information content (AvgIpc) is 2.13. The lowest BCUT2D eigenvalue weighted by molar-refractivity contribution is 0.441. The van der Waals surface area contributed by atoms with Crippen molar-refractivity contribution in [3.63, 3.8) is 0 Å². The van der Waals surface area contributed by atoms with E-state index in [9.17, 15) is 0 Å². The van der Waals surface area contributed by atoms with Crippen molar-refractivity contribution in [2.45, 2.75) is 65.8 Å². The summed E-state index contributed by atoms with van der Waals surface area (Å²) >= 11 is 0. The van der Waals surface area contributed by atoms with E-state index in [-0.39, 0.29) is 0 Å². The number of rotatable bonds is 0. The maximum absolute atomic E-state index is 5.63. The summed E-state index contributed by atoms with van der Waals surface area (Å²) in [5, 5.41) is 0. The van der Waals surface area contributed by atoms with E-state index in [0.717, 1.165) is 0 Å². The molecule has 0 amide bonds. The zero-order valence-corrected chi connectivity index (χ0v) is 8.69. The summed E-state index contributed by atoms with van der Waals surface area (Å²) in [5.74, 6) is 0. The molecule has 11 heavy (non-hydrogen) atoms. The second-order valence-electron chi connectivity index (χ2n) is 2.40. The molecule has 0 unspecified atom stereocenters. The summed E-state index contributed by atoms with van der Waals surface area (Å²) in [5.41, 5.74) is 5.63. The van der Waals surface area contributed by atoms with Crippen LogP contribution in [0.1, 0.15) is 59.8 Å². The molecule has 1 aliphatic rings. The largest absolute Gasteiger partial charge is 0.328 e. The third-order valence-electron chi connectivity index (χ3n) is 1.65. The average molecular weight is 159 g/mol. The molecule has 0 aromatic carbocycles. The molecular weight excluding hydrogens is 134 g/mol. The molecule has 0 spiro atoms. The summed E-state index contributed by atoms with van der Waals surface area (Å²) in [6.45, 7) is 8.00. The van der Waals surface area contributed by atoms with Gasteiger partial charge in [0.1, 0.15) is 0 Å². The first kappa shape index (κ1) is 13.5. The first-order valence-electron chi connectivity index (χ1n) is 5.15. The molecule has 0 bridgehead atoms. The second kappa shape index (κ2) is 12.6. The van der Waals surface area contributed by atoms with Crippen molar-refractivity contribution in [1.29, 1.82) is 0 Å². The summed E-state index contributed by atoms with van der Waals surface area (Å²) in [6.07, 6.45) is 6.66. The molecule has 1 nitrogen and oxygen atoms in total. The Labute approximate surface area is 72.4 Å². The van der Waals surface area contributed by atoms with Gasteiger partial charge in [-0.25, -0.2) is 0 Å². The second-order valence-corrected chi connectivity index (χ2v) is 2.40. The first-order valence-corrected chi connectivity index (χ1v) is 5.15. The SMILES string of the molecule is CC.CC.NC1CCCCC1. The van der Waals surface area contributed by atoms with Crippen LogP contribution in [0.5, 0.6) is 0 Å². The minimum absolute atomic E-state index is 0.536. The predicted octanol–water partition coefficient (Wildman–Crippen LogP) is 3.33. The van der Waals surface area contributed by atoms with Gasteiger partial charge in [0.15, 0.2) is 0 Å². The standard InChI is InChI=1S/C6H13N.2C2H6/c7-6-4-2-1-3-5-6;2*1-2/h6H,1-5,7H2;2*1-2H3. The van der Waals surface area contributed by atoms with Crippen molar-refractivity contribution < 1.29 is 0 Å². The van der Waals surface area contributed by atoms with Gasteiger partial charge in [-0.1, -0.05) is 47.0 Å². The Balaban J connectivity index is 0. The van der Waals surface area contributed by atoms with E-state index in [4.69, 9.17) is 5.73 Å². The van der Waals surface area contributed by atoms with Gasteiger partial charge in [-0.2, -0.15) is 0 Å². The number of hydrogen-bond donors (Lipinski definition) is 1. The molecule has 0 atom stereocenters. The highest BCUT2D eigenvalue weighted by Crippen LogP contribution is 2.14. The highest BCUT2D eigenvalue weighted by molar-refractivity contribution is 4.66. The molecule has 70 valence electrons.